The van der Waals surface area contributed by atoms with Crippen molar-refractivity contribution >= 4 is 23.5 Å². The van der Waals surface area contributed by atoms with E-state index in [2.05, 4.69) is 0 Å². The van der Waals surface area contributed by atoms with Crippen molar-refractivity contribution in [2.45, 2.75) is 0 Å². The van der Waals surface area contributed by atoms with Gasteiger partial charge in [-0.3, -0.25) is 14.9 Å². The van der Waals surface area contributed by atoms with Crippen molar-refractivity contribution in [2.75, 3.05) is 7.11 Å². The Balaban J connectivity index is 1.65. The third-order valence-corrected chi connectivity index (χ3v) is 4.22. The number of para-hydroxylation sites is 1. The number of methoxy groups -OCH3 is 1. The second-order valence-electron chi connectivity index (χ2n) is 6.16. The average molecular weight is 403 g/mol. The van der Waals surface area contributed by atoms with Crippen LogP contribution in [0.15, 0.2) is 78.9 Å². The highest BCUT2D eigenvalue weighted by Crippen LogP contribution is 2.20. The van der Waals surface area contributed by atoms with Crippen LogP contribution in [0, 0.1) is 10.1 Å². The number of carbonyl (C=O) groups excluding carboxylic acids is 2. The fraction of sp³-hybridized carbons (Fsp3) is 0.0435. The van der Waals surface area contributed by atoms with Gasteiger partial charge in [-0.2, -0.15) is 0 Å². The van der Waals surface area contributed by atoms with Crippen molar-refractivity contribution in [1.82, 2.24) is 0 Å². The summed E-state index contributed by atoms with van der Waals surface area (Å²) in [4.78, 5) is 34.6. The van der Waals surface area contributed by atoms with Crippen LogP contribution in [0.1, 0.15) is 26.3 Å². The van der Waals surface area contributed by atoms with Gasteiger partial charge in [-0.1, -0.05) is 18.2 Å². The minimum absolute atomic E-state index is 0.115. The smallest absolute Gasteiger partial charge is 0.343 e. The van der Waals surface area contributed by atoms with Gasteiger partial charge < -0.3 is 9.47 Å². The van der Waals surface area contributed by atoms with E-state index < -0.39 is 10.9 Å². The van der Waals surface area contributed by atoms with E-state index in [1.807, 2.05) is 18.2 Å². The molecule has 3 rings (SSSR count). The first-order chi connectivity index (χ1) is 14.5. The second kappa shape index (κ2) is 9.29. The van der Waals surface area contributed by atoms with Crippen LogP contribution in [0.5, 0.6) is 11.5 Å². The molecule has 0 aliphatic rings. The SMILES string of the molecule is COc1ccccc1/C=C/C(=O)c1ccc(OC(=O)c2ccc([N+](=O)[O-])cc2)cc1. The molecule has 0 spiro atoms. The number of ether oxygens (including phenoxy) is 2. The van der Waals surface area contributed by atoms with Gasteiger partial charge in [0.05, 0.1) is 17.6 Å². The van der Waals surface area contributed by atoms with Crippen molar-refractivity contribution in [3.63, 3.8) is 0 Å². The molecule has 7 heteroatoms. The molecule has 30 heavy (non-hydrogen) atoms. The molecule has 0 aromatic heterocycles. The monoisotopic (exact) mass is 403 g/mol. The quantitative estimate of drug-likeness (QED) is 0.141. The van der Waals surface area contributed by atoms with Crippen LogP contribution in [0.25, 0.3) is 6.08 Å². The number of non-ortho nitro benzene ring substituents is 1. The van der Waals surface area contributed by atoms with Gasteiger partial charge in [0.15, 0.2) is 5.78 Å². The molecule has 0 radical (unpaired) electrons. The Kier molecular flexibility index (Phi) is 6.34. The molecule has 0 aliphatic heterocycles. The summed E-state index contributed by atoms with van der Waals surface area (Å²) in [7, 11) is 1.56. The third kappa shape index (κ3) is 4.96. The number of hydrogen-bond donors (Lipinski definition) is 0. The number of nitro benzene ring substituents is 1. The Morgan fingerprint density at radius 3 is 2.17 bits per heavy atom. The molecule has 0 fully saturated rings. The zero-order valence-corrected chi connectivity index (χ0v) is 16.0. The van der Waals surface area contributed by atoms with E-state index in [0.717, 1.165) is 5.56 Å². The molecule has 3 aromatic carbocycles. The first-order valence-electron chi connectivity index (χ1n) is 8.90. The number of rotatable bonds is 7. The van der Waals surface area contributed by atoms with Gasteiger partial charge in [-0.05, 0) is 54.6 Å². The minimum Gasteiger partial charge on any atom is -0.496 e. The van der Waals surface area contributed by atoms with Gasteiger partial charge in [-0.15, -0.1) is 0 Å². The van der Waals surface area contributed by atoms with Crippen LogP contribution in [0.4, 0.5) is 5.69 Å². The maximum absolute atomic E-state index is 12.4. The summed E-state index contributed by atoms with van der Waals surface area (Å²) in [6.07, 6.45) is 3.11. The highest BCUT2D eigenvalue weighted by Gasteiger charge is 2.12. The van der Waals surface area contributed by atoms with Crippen LogP contribution < -0.4 is 9.47 Å². The Labute approximate surface area is 172 Å². The van der Waals surface area contributed by atoms with Crippen molar-refractivity contribution < 1.29 is 24.0 Å². The number of esters is 1. The summed E-state index contributed by atoms with van der Waals surface area (Å²) in [6, 6.07) is 18.5. The van der Waals surface area contributed by atoms with E-state index >= 15 is 0 Å². The Hall–Kier alpha value is -4.26. The highest BCUT2D eigenvalue weighted by molar-refractivity contribution is 6.07. The molecule has 0 saturated heterocycles. The molecular formula is C23H17NO6. The average Bonchev–Trinajstić information content (AvgIpc) is 2.78. The van der Waals surface area contributed by atoms with E-state index in [0.29, 0.717) is 11.3 Å². The van der Waals surface area contributed by atoms with Crippen molar-refractivity contribution in [2.24, 2.45) is 0 Å². The number of hydrogen-bond acceptors (Lipinski definition) is 6. The van der Waals surface area contributed by atoms with Gasteiger partial charge in [0.25, 0.3) is 5.69 Å². The number of nitrogens with zero attached hydrogens (tertiary/aromatic N) is 1. The zero-order chi connectivity index (χ0) is 21.5. The lowest BCUT2D eigenvalue weighted by Gasteiger charge is -2.05. The van der Waals surface area contributed by atoms with Gasteiger partial charge in [0, 0.05) is 23.3 Å². The molecule has 150 valence electrons. The van der Waals surface area contributed by atoms with Crippen molar-refractivity contribution in [3.8, 4) is 11.5 Å². The van der Waals surface area contributed by atoms with Crippen LogP contribution >= 0.6 is 0 Å². The summed E-state index contributed by atoms with van der Waals surface area (Å²) < 4.78 is 10.5. The standard InChI is InChI=1S/C23H17NO6/c1-29-22-5-3-2-4-17(22)10-15-21(25)16-8-13-20(14-9-16)30-23(26)18-6-11-19(12-7-18)24(27)28/h2-15H,1H3/b15-10+. The van der Waals surface area contributed by atoms with Gasteiger partial charge >= 0.3 is 5.97 Å². The second-order valence-corrected chi connectivity index (χ2v) is 6.16. The lowest BCUT2D eigenvalue weighted by Crippen LogP contribution is -2.08. The van der Waals surface area contributed by atoms with Crippen LogP contribution in [-0.4, -0.2) is 23.8 Å². The number of nitro groups is 1. The molecule has 3 aromatic rings. The number of carbonyl (C=O) groups is 2. The molecule has 0 atom stereocenters. The normalized spacial score (nSPS) is 10.6. The Morgan fingerprint density at radius 1 is 0.900 bits per heavy atom. The van der Waals surface area contributed by atoms with Gasteiger partial charge in [-0.25, -0.2) is 4.79 Å². The maximum atomic E-state index is 12.4. The third-order valence-electron chi connectivity index (χ3n) is 4.22. The molecule has 7 nitrogen and oxygen atoms in total. The number of allylic oxidation sites excluding steroid dienone is 1. The molecule has 0 bridgehead atoms. The fourth-order valence-corrected chi connectivity index (χ4v) is 2.64. The molecule has 0 amide bonds. The summed E-state index contributed by atoms with van der Waals surface area (Å²) >= 11 is 0. The molecule has 0 heterocycles. The molecule has 0 N–H and O–H groups in total. The van der Waals surface area contributed by atoms with Crippen molar-refractivity contribution in [1.29, 1.82) is 0 Å². The fourth-order valence-electron chi connectivity index (χ4n) is 2.64. The van der Waals surface area contributed by atoms with Crippen LogP contribution in [0.2, 0.25) is 0 Å². The topological polar surface area (TPSA) is 95.7 Å². The highest BCUT2D eigenvalue weighted by atomic mass is 16.6. The van der Waals surface area contributed by atoms with Crippen molar-refractivity contribution in [3.05, 3.63) is 106 Å². The van der Waals surface area contributed by atoms with E-state index in [4.69, 9.17) is 9.47 Å². The van der Waals surface area contributed by atoms with Gasteiger partial charge in [0.2, 0.25) is 0 Å². The Bertz CT molecular complexity index is 1100. The minimum atomic E-state index is -0.653. The molecular weight excluding hydrogens is 386 g/mol. The van der Waals surface area contributed by atoms with Crippen LogP contribution in [0.3, 0.4) is 0 Å². The number of benzene rings is 3. The lowest BCUT2D eigenvalue weighted by atomic mass is 10.1. The largest absolute Gasteiger partial charge is 0.496 e. The van der Waals surface area contributed by atoms with Crippen LogP contribution in [-0.2, 0) is 0 Å². The summed E-state index contributed by atoms with van der Waals surface area (Å²) in [5.74, 6) is 0.0489. The molecule has 0 unspecified atom stereocenters. The predicted octanol–water partition coefficient (Wildman–Crippen LogP) is 4.72. The Morgan fingerprint density at radius 2 is 1.53 bits per heavy atom. The van der Waals surface area contributed by atoms with E-state index in [9.17, 15) is 19.7 Å². The summed E-state index contributed by atoms with van der Waals surface area (Å²) in [5.41, 5.74) is 1.27. The van der Waals surface area contributed by atoms with E-state index in [-0.39, 0.29) is 22.8 Å². The number of ketones is 1. The summed E-state index contributed by atoms with van der Waals surface area (Å²) in [6.45, 7) is 0. The molecule has 0 aliphatic carbocycles. The van der Waals surface area contributed by atoms with E-state index in [1.165, 1.54) is 42.5 Å². The first kappa shape index (κ1) is 20.5. The van der Waals surface area contributed by atoms with E-state index in [1.54, 1.807) is 31.4 Å². The maximum Gasteiger partial charge on any atom is 0.343 e. The predicted molar refractivity (Wildman–Crippen MR) is 111 cm³/mol. The summed E-state index contributed by atoms with van der Waals surface area (Å²) in [5, 5.41) is 10.7. The molecule has 0 saturated carbocycles. The zero-order valence-electron chi connectivity index (χ0n) is 16.0. The lowest BCUT2D eigenvalue weighted by molar-refractivity contribution is -0.384. The first-order valence-corrected chi connectivity index (χ1v) is 8.90. The van der Waals surface area contributed by atoms with Gasteiger partial charge in [0.1, 0.15) is 11.5 Å².